The molecule has 206 valence electrons. The molecule has 6 bridgehead atoms. The number of aliphatic carboxylic acids is 1. The molecule has 7 rings (SSSR count). The molecule has 7 nitrogen and oxygen atoms in total. The predicted molar refractivity (Wildman–Crippen MR) is 158 cm³/mol. The van der Waals surface area contributed by atoms with Gasteiger partial charge in [-0.15, -0.1) is 0 Å². The van der Waals surface area contributed by atoms with Crippen LogP contribution < -0.4 is 9.47 Å². The zero-order valence-electron chi connectivity index (χ0n) is 23.0. The molecular formula is C34H31N3O4. The predicted octanol–water partition coefficient (Wildman–Crippen LogP) is 7.09. The van der Waals surface area contributed by atoms with Crippen LogP contribution in [0.25, 0.3) is 39.3 Å². The Labute approximate surface area is 238 Å². The molecule has 2 aromatic heterocycles. The van der Waals surface area contributed by atoms with E-state index in [-0.39, 0.29) is 6.42 Å². The second-order valence-corrected chi connectivity index (χ2v) is 10.9. The Kier molecular flexibility index (Phi) is 6.42. The number of ether oxygens (including phenoxy) is 2. The molecule has 1 unspecified atom stereocenters. The van der Waals surface area contributed by atoms with E-state index in [1.54, 1.807) is 0 Å². The van der Waals surface area contributed by atoms with Crippen LogP contribution in [0.15, 0.2) is 72.8 Å². The minimum Gasteiger partial charge on any atom is -0.493 e. The molecule has 41 heavy (non-hydrogen) atoms. The van der Waals surface area contributed by atoms with Gasteiger partial charge in [0.2, 0.25) is 0 Å². The molecule has 2 aliphatic heterocycles. The molecule has 0 radical (unpaired) electrons. The lowest BCUT2D eigenvalue weighted by Crippen LogP contribution is -2.15. The molecular weight excluding hydrogens is 514 g/mol. The summed E-state index contributed by atoms with van der Waals surface area (Å²) in [5.41, 5.74) is 8.72. The van der Waals surface area contributed by atoms with Gasteiger partial charge in [0.1, 0.15) is 11.5 Å². The number of benzene rings is 3. The van der Waals surface area contributed by atoms with Gasteiger partial charge in [-0.3, -0.25) is 4.79 Å². The van der Waals surface area contributed by atoms with Crippen LogP contribution in [0, 0.1) is 6.92 Å². The summed E-state index contributed by atoms with van der Waals surface area (Å²) in [5.74, 6) is 1.24. The summed E-state index contributed by atoms with van der Waals surface area (Å²) in [7, 11) is 0. The van der Waals surface area contributed by atoms with Crippen molar-refractivity contribution in [2.75, 3.05) is 13.2 Å². The van der Waals surface area contributed by atoms with Crippen LogP contribution in [0.5, 0.6) is 11.5 Å². The third-order valence-corrected chi connectivity index (χ3v) is 8.24. The topological polar surface area (TPSA) is 86.0 Å². The van der Waals surface area contributed by atoms with E-state index < -0.39 is 5.97 Å². The average molecular weight is 546 g/mol. The van der Waals surface area contributed by atoms with Gasteiger partial charge in [-0.1, -0.05) is 36.4 Å². The normalized spacial score (nSPS) is 16.3. The van der Waals surface area contributed by atoms with Crippen LogP contribution in [0.2, 0.25) is 0 Å². The Morgan fingerprint density at radius 3 is 2.66 bits per heavy atom. The molecule has 7 heteroatoms. The van der Waals surface area contributed by atoms with Gasteiger partial charge in [0.15, 0.2) is 5.65 Å². The third-order valence-electron chi connectivity index (χ3n) is 8.24. The molecule has 0 fully saturated rings. The van der Waals surface area contributed by atoms with Crippen LogP contribution in [-0.2, 0) is 11.2 Å². The first-order chi connectivity index (χ1) is 20.0. The van der Waals surface area contributed by atoms with Crippen molar-refractivity contribution in [3.05, 3.63) is 89.6 Å². The number of nitrogens with zero attached hydrogens (tertiary/aromatic N) is 3. The molecule has 1 N–H and O–H groups in total. The van der Waals surface area contributed by atoms with Crippen molar-refractivity contribution in [3.8, 4) is 45.1 Å². The number of aromatic nitrogens is 3. The standard InChI is InChI=1S/C34H31N3O4/c1-21-27(19-33(38)39)34-25-12-13-31-28(18-25)22(14-16-41-31)7-4-5-15-40-30-11-3-2-10-26(30)23-8-6-9-24(17-23)29-20-32(35-21)37(34)36-29/h2-3,6,8-13,17-18,20,22H,4-5,7,14-16,19H2,1H3,(H,38,39). The molecule has 3 aromatic carbocycles. The van der Waals surface area contributed by atoms with Crippen LogP contribution in [0.4, 0.5) is 0 Å². The third kappa shape index (κ3) is 4.71. The van der Waals surface area contributed by atoms with E-state index in [1.807, 2.05) is 60.0 Å². The molecule has 1 atom stereocenters. The number of carboxylic acid groups (broad SMARTS) is 1. The van der Waals surface area contributed by atoms with Gasteiger partial charge >= 0.3 is 5.97 Å². The minimum atomic E-state index is -0.898. The highest BCUT2D eigenvalue weighted by Gasteiger charge is 2.25. The molecule has 5 aromatic rings. The van der Waals surface area contributed by atoms with Gasteiger partial charge in [0.05, 0.1) is 31.0 Å². The van der Waals surface area contributed by atoms with Crippen molar-refractivity contribution in [2.45, 2.75) is 44.9 Å². The van der Waals surface area contributed by atoms with Crippen molar-refractivity contribution in [1.29, 1.82) is 0 Å². The first-order valence-electron chi connectivity index (χ1n) is 14.3. The summed E-state index contributed by atoms with van der Waals surface area (Å²) >= 11 is 0. The average Bonchev–Trinajstić information content (AvgIpc) is 3.40. The van der Waals surface area contributed by atoms with Gasteiger partial charge in [-0.05, 0) is 80.0 Å². The fraction of sp³-hybridized carbons (Fsp3) is 0.265. The van der Waals surface area contributed by atoms with E-state index >= 15 is 0 Å². The Morgan fingerprint density at radius 1 is 0.902 bits per heavy atom. The lowest BCUT2D eigenvalue weighted by Gasteiger charge is -2.27. The number of para-hydroxylation sites is 1. The zero-order valence-corrected chi connectivity index (χ0v) is 23.0. The second kappa shape index (κ2) is 10.4. The van der Waals surface area contributed by atoms with E-state index in [2.05, 4.69) is 24.3 Å². The number of aryl methyl sites for hydroxylation is 1. The summed E-state index contributed by atoms with van der Waals surface area (Å²) in [6, 6.07) is 24.6. The van der Waals surface area contributed by atoms with Crippen LogP contribution >= 0.6 is 0 Å². The molecule has 2 aliphatic rings. The van der Waals surface area contributed by atoms with Crippen molar-refractivity contribution < 1.29 is 19.4 Å². The maximum Gasteiger partial charge on any atom is 0.307 e. The highest BCUT2D eigenvalue weighted by Crippen LogP contribution is 2.41. The van der Waals surface area contributed by atoms with Gasteiger partial charge in [0, 0.05) is 34.0 Å². The van der Waals surface area contributed by atoms with Crippen LogP contribution in [0.3, 0.4) is 0 Å². The van der Waals surface area contributed by atoms with E-state index in [4.69, 9.17) is 19.6 Å². The fourth-order valence-corrected chi connectivity index (χ4v) is 6.22. The van der Waals surface area contributed by atoms with Crippen molar-refractivity contribution >= 4 is 11.6 Å². The molecule has 4 heterocycles. The van der Waals surface area contributed by atoms with E-state index in [0.717, 1.165) is 70.8 Å². The quantitative estimate of drug-likeness (QED) is 0.255. The largest absolute Gasteiger partial charge is 0.493 e. The first-order valence-corrected chi connectivity index (χ1v) is 14.3. The maximum absolute atomic E-state index is 12.0. The van der Waals surface area contributed by atoms with Crippen molar-refractivity contribution in [3.63, 3.8) is 0 Å². The first kappa shape index (κ1) is 25.3. The SMILES string of the molecule is Cc1nc2cc3nn2c(c1CC(=O)O)-c1ccc2c(c1)C(CCCCOc1ccccc1-c1cccc-3c1)CCO2. The number of hydrogen-bond acceptors (Lipinski definition) is 5. The van der Waals surface area contributed by atoms with Gasteiger partial charge in [0.25, 0.3) is 0 Å². The highest BCUT2D eigenvalue weighted by molar-refractivity contribution is 5.80. The van der Waals surface area contributed by atoms with E-state index in [0.29, 0.717) is 36.0 Å². The van der Waals surface area contributed by atoms with Gasteiger partial charge < -0.3 is 14.6 Å². The monoisotopic (exact) mass is 545 g/mol. The van der Waals surface area contributed by atoms with E-state index in [9.17, 15) is 9.90 Å². The Balaban J connectivity index is 1.47. The minimum absolute atomic E-state index is 0.136. The van der Waals surface area contributed by atoms with Crippen molar-refractivity contribution in [2.24, 2.45) is 0 Å². The van der Waals surface area contributed by atoms with Gasteiger partial charge in [-0.25, -0.2) is 9.50 Å². The molecule has 0 saturated carbocycles. The fourth-order valence-electron chi connectivity index (χ4n) is 6.22. The summed E-state index contributed by atoms with van der Waals surface area (Å²) in [6.07, 6.45) is 3.85. The number of fused-ring (bicyclic) bond motifs is 8. The number of carboxylic acids is 1. The van der Waals surface area contributed by atoms with Crippen LogP contribution in [0.1, 0.15) is 48.4 Å². The Hall–Kier alpha value is -4.65. The number of rotatable bonds is 2. The second-order valence-electron chi connectivity index (χ2n) is 10.9. The number of hydrogen-bond donors (Lipinski definition) is 1. The molecule has 0 amide bonds. The maximum atomic E-state index is 12.0. The summed E-state index contributed by atoms with van der Waals surface area (Å²) in [5, 5.41) is 14.9. The smallest absolute Gasteiger partial charge is 0.307 e. The van der Waals surface area contributed by atoms with Crippen LogP contribution in [-0.4, -0.2) is 38.9 Å². The Bertz CT molecular complexity index is 1790. The summed E-state index contributed by atoms with van der Waals surface area (Å²) in [6.45, 7) is 3.23. The summed E-state index contributed by atoms with van der Waals surface area (Å²) in [4.78, 5) is 16.8. The zero-order chi connectivity index (χ0) is 27.9. The van der Waals surface area contributed by atoms with Gasteiger partial charge in [-0.2, -0.15) is 5.10 Å². The molecule has 0 saturated heterocycles. The number of carbonyl (C=O) groups is 1. The molecule has 0 spiro atoms. The lowest BCUT2D eigenvalue weighted by atomic mass is 9.87. The molecule has 0 aliphatic carbocycles. The Morgan fingerprint density at radius 2 is 1.76 bits per heavy atom. The lowest BCUT2D eigenvalue weighted by molar-refractivity contribution is -0.136. The highest BCUT2D eigenvalue weighted by atomic mass is 16.5. The van der Waals surface area contributed by atoms with Crippen molar-refractivity contribution in [1.82, 2.24) is 14.6 Å². The van der Waals surface area contributed by atoms with E-state index in [1.165, 1.54) is 5.56 Å². The summed E-state index contributed by atoms with van der Waals surface area (Å²) < 4.78 is 14.2.